The van der Waals surface area contributed by atoms with Crippen molar-refractivity contribution in [3.8, 4) is 0 Å². The smallest absolute Gasteiger partial charge is 0.409 e. The molecule has 2 heterocycles. The van der Waals surface area contributed by atoms with Crippen LogP contribution in [-0.4, -0.2) is 62.3 Å². The number of hydrogen-bond acceptors (Lipinski definition) is 4. The van der Waals surface area contributed by atoms with Gasteiger partial charge in [0.25, 0.3) is 0 Å². The number of aliphatic imine (C=N–C) groups is 1. The summed E-state index contributed by atoms with van der Waals surface area (Å²) in [7, 11) is 0. The van der Waals surface area contributed by atoms with Crippen LogP contribution in [0.25, 0.3) is 0 Å². The van der Waals surface area contributed by atoms with Crippen LogP contribution in [0.2, 0.25) is 0 Å². The number of rotatable bonds is 5. The average molecular weight is 409 g/mol. The molecule has 0 spiro atoms. The number of nitrogens with zero attached hydrogens (tertiary/aromatic N) is 3. The topological polar surface area (TPSA) is 83.2 Å². The van der Waals surface area contributed by atoms with E-state index in [4.69, 9.17) is 10.5 Å². The molecule has 9 heteroatoms. The van der Waals surface area contributed by atoms with E-state index in [-0.39, 0.29) is 12.1 Å². The number of halogens is 2. The summed E-state index contributed by atoms with van der Waals surface area (Å²) in [5.41, 5.74) is 6.73. The fraction of sp³-hybridized carbons (Fsp3) is 0.600. The molecule has 3 N–H and O–H groups in total. The van der Waals surface area contributed by atoms with E-state index in [0.29, 0.717) is 43.8 Å². The van der Waals surface area contributed by atoms with E-state index in [9.17, 15) is 13.6 Å². The molecule has 0 saturated carbocycles. The summed E-state index contributed by atoms with van der Waals surface area (Å²) in [5, 5.41) is 3.23. The summed E-state index contributed by atoms with van der Waals surface area (Å²) in [6.07, 6.45) is 2.25. The Balaban J connectivity index is 1.41. The van der Waals surface area contributed by atoms with Gasteiger partial charge in [0.2, 0.25) is 0 Å². The molecule has 0 aromatic heterocycles. The zero-order chi connectivity index (χ0) is 20.8. The largest absolute Gasteiger partial charge is 0.450 e. The third-order valence-electron chi connectivity index (χ3n) is 5.45. The first kappa shape index (κ1) is 21.1. The van der Waals surface area contributed by atoms with Gasteiger partial charge in [-0.05, 0) is 44.2 Å². The molecule has 1 amide bonds. The highest BCUT2D eigenvalue weighted by Gasteiger charge is 2.25. The van der Waals surface area contributed by atoms with Crippen molar-refractivity contribution in [3.63, 3.8) is 0 Å². The third-order valence-corrected chi connectivity index (χ3v) is 5.45. The maximum atomic E-state index is 13.4. The zero-order valence-corrected chi connectivity index (χ0v) is 16.7. The highest BCUT2D eigenvalue weighted by molar-refractivity contribution is 5.78. The lowest BCUT2D eigenvalue weighted by atomic mass is 10.1. The maximum absolute atomic E-state index is 13.4. The average Bonchev–Trinajstić information content (AvgIpc) is 3.18. The van der Waals surface area contributed by atoms with Crippen molar-refractivity contribution in [2.45, 2.75) is 32.2 Å². The molecular weight excluding hydrogens is 380 g/mol. The minimum Gasteiger partial charge on any atom is -0.450 e. The zero-order valence-electron chi connectivity index (χ0n) is 16.7. The number of anilines is 1. The first-order chi connectivity index (χ1) is 14.0. The molecular formula is C20H29F2N5O2. The summed E-state index contributed by atoms with van der Waals surface area (Å²) in [4.78, 5) is 19.9. The maximum Gasteiger partial charge on any atom is 0.409 e. The van der Waals surface area contributed by atoms with E-state index in [1.165, 1.54) is 6.07 Å². The van der Waals surface area contributed by atoms with Crippen molar-refractivity contribution in [1.82, 2.24) is 10.2 Å². The number of carbonyl (C=O) groups is 1. The van der Waals surface area contributed by atoms with Crippen LogP contribution in [-0.2, 0) is 4.74 Å². The molecule has 0 radical (unpaired) electrons. The van der Waals surface area contributed by atoms with Gasteiger partial charge in [0.1, 0.15) is 0 Å². The molecule has 1 aromatic rings. The van der Waals surface area contributed by atoms with Gasteiger partial charge in [-0.1, -0.05) is 0 Å². The van der Waals surface area contributed by atoms with Gasteiger partial charge in [0, 0.05) is 50.5 Å². The van der Waals surface area contributed by atoms with E-state index in [2.05, 4.69) is 10.3 Å². The summed E-state index contributed by atoms with van der Waals surface area (Å²) in [5.74, 6) is -0.938. The Hall–Kier alpha value is -2.58. The van der Waals surface area contributed by atoms with Crippen LogP contribution >= 0.6 is 0 Å². The number of ether oxygens (including phenoxy) is 1. The summed E-state index contributed by atoms with van der Waals surface area (Å²) in [6.45, 7) is 5.55. The molecule has 1 aromatic carbocycles. The van der Waals surface area contributed by atoms with Crippen LogP contribution in [0.15, 0.2) is 23.2 Å². The molecule has 7 nitrogen and oxygen atoms in total. The number of nitrogens with one attached hydrogen (secondary N) is 1. The Morgan fingerprint density at radius 2 is 2.00 bits per heavy atom. The fourth-order valence-electron chi connectivity index (χ4n) is 3.80. The van der Waals surface area contributed by atoms with Gasteiger partial charge in [-0.15, -0.1) is 0 Å². The van der Waals surface area contributed by atoms with Crippen LogP contribution in [0, 0.1) is 17.6 Å². The van der Waals surface area contributed by atoms with E-state index < -0.39 is 11.6 Å². The van der Waals surface area contributed by atoms with Crippen LogP contribution in [0.1, 0.15) is 26.2 Å². The van der Waals surface area contributed by atoms with Crippen LogP contribution in [0.4, 0.5) is 19.3 Å². The van der Waals surface area contributed by atoms with Gasteiger partial charge >= 0.3 is 6.09 Å². The Morgan fingerprint density at radius 1 is 1.24 bits per heavy atom. The molecule has 29 heavy (non-hydrogen) atoms. The molecule has 2 aliphatic rings. The number of guanidine groups is 1. The number of amides is 1. The predicted octanol–water partition coefficient (Wildman–Crippen LogP) is 2.32. The second-order valence-corrected chi connectivity index (χ2v) is 7.53. The lowest BCUT2D eigenvalue weighted by Crippen LogP contribution is -2.48. The second kappa shape index (κ2) is 9.76. The molecule has 1 unspecified atom stereocenters. The molecule has 1 atom stereocenters. The van der Waals surface area contributed by atoms with E-state index >= 15 is 0 Å². The highest BCUT2D eigenvalue weighted by atomic mass is 19.2. The number of piperidine rings is 1. The Bertz CT molecular complexity index is 738. The van der Waals surface area contributed by atoms with E-state index in [1.54, 1.807) is 17.9 Å². The first-order valence-electron chi connectivity index (χ1n) is 10.1. The fourth-order valence-corrected chi connectivity index (χ4v) is 3.80. The van der Waals surface area contributed by atoms with Crippen molar-refractivity contribution in [2.24, 2.45) is 16.6 Å². The van der Waals surface area contributed by atoms with Crippen LogP contribution in [0.5, 0.6) is 0 Å². The predicted molar refractivity (Wildman–Crippen MR) is 108 cm³/mol. The molecule has 2 saturated heterocycles. The minimum absolute atomic E-state index is 0.187. The van der Waals surface area contributed by atoms with Gasteiger partial charge in [-0.25, -0.2) is 13.6 Å². The number of benzene rings is 1. The summed E-state index contributed by atoms with van der Waals surface area (Å²) in [6, 6.07) is 4.18. The van der Waals surface area contributed by atoms with Crippen molar-refractivity contribution in [2.75, 3.05) is 44.2 Å². The van der Waals surface area contributed by atoms with Crippen LogP contribution < -0.4 is 16.0 Å². The standard InChI is InChI=1S/C20H29F2N5O2/c1-2-29-20(28)26-9-6-15(7-10-26)25-19(23)24-12-14-5-8-27(13-14)16-3-4-17(21)18(22)11-16/h3-4,11,14-15H,2,5-10,12-13H2,1H3,(H3,23,24,25). The molecule has 3 rings (SSSR count). The molecule has 2 aliphatic heterocycles. The number of nitrogens with two attached hydrogens (primary N) is 1. The molecule has 2 fully saturated rings. The van der Waals surface area contributed by atoms with Crippen molar-refractivity contribution in [3.05, 3.63) is 29.8 Å². The Labute approximate surface area is 169 Å². The van der Waals surface area contributed by atoms with E-state index in [1.807, 2.05) is 4.90 Å². The molecule has 0 bridgehead atoms. The Morgan fingerprint density at radius 3 is 2.69 bits per heavy atom. The first-order valence-corrected chi connectivity index (χ1v) is 10.1. The lowest BCUT2D eigenvalue weighted by molar-refractivity contribution is 0.0963. The van der Waals surface area contributed by atoms with Gasteiger partial charge in [0.05, 0.1) is 6.61 Å². The monoisotopic (exact) mass is 409 g/mol. The highest BCUT2D eigenvalue weighted by Crippen LogP contribution is 2.25. The second-order valence-electron chi connectivity index (χ2n) is 7.53. The quantitative estimate of drug-likeness (QED) is 0.576. The van der Waals surface area contributed by atoms with Crippen molar-refractivity contribution >= 4 is 17.7 Å². The summed E-state index contributed by atoms with van der Waals surface area (Å²) >= 11 is 0. The summed E-state index contributed by atoms with van der Waals surface area (Å²) < 4.78 is 31.6. The van der Waals surface area contributed by atoms with Gasteiger partial charge in [-0.2, -0.15) is 0 Å². The number of likely N-dealkylation sites (tertiary alicyclic amines) is 1. The molecule has 0 aliphatic carbocycles. The van der Waals surface area contributed by atoms with Crippen molar-refractivity contribution in [1.29, 1.82) is 0 Å². The van der Waals surface area contributed by atoms with Gasteiger partial charge in [-0.3, -0.25) is 4.99 Å². The van der Waals surface area contributed by atoms with E-state index in [0.717, 1.165) is 38.4 Å². The number of carbonyl (C=O) groups excluding carboxylic acids is 1. The van der Waals surface area contributed by atoms with Crippen LogP contribution in [0.3, 0.4) is 0 Å². The van der Waals surface area contributed by atoms with Crippen molar-refractivity contribution < 1.29 is 18.3 Å². The normalized spacial score (nSPS) is 20.8. The SMILES string of the molecule is CCOC(=O)N1CCC(NC(N)=NCC2CCN(c3ccc(F)c(F)c3)C2)CC1. The Kier molecular flexibility index (Phi) is 7.11. The minimum atomic E-state index is -0.832. The third kappa shape index (κ3) is 5.71. The van der Waals surface area contributed by atoms with Gasteiger partial charge in [0.15, 0.2) is 17.6 Å². The molecule has 160 valence electrons. The van der Waals surface area contributed by atoms with Gasteiger partial charge < -0.3 is 25.6 Å². The number of hydrogen-bond donors (Lipinski definition) is 2. The lowest BCUT2D eigenvalue weighted by Gasteiger charge is -2.31.